The van der Waals surface area contributed by atoms with Gasteiger partial charge in [-0.15, -0.1) is 0 Å². The lowest BCUT2D eigenvalue weighted by molar-refractivity contribution is -0.137. The zero-order chi connectivity index (χ0) is 10.4. The number of hydrogen-bond donors (Lipinski definition) is 1. The van der Waals surface area contributed by atoms with Gasteiger partial charge in [0.1, 0.15) is 0 Å². The average Bonchev–Trinajstić information content (AvgIpc) is 2.15. The summed E-state index contributed by atoms with van der Waals surface area (Å²) in [5.41, 5.74) is 1.48. The van der Waals surface area contributed by atoms with Gasteiger partial charge in [0.25, 0.3) is 0 Å². The fourth-order valence-electron chi connectivity index (χ4n) is 1.63. The van der Waals surface area contributed by atoms with Crippen molar-refractivity contribution in [2.24, 2.45) is 0 Å². The van der Waals surface area contributed by atoms with Crippen LogP contribution in [-0.2, 0) is 4.79 Å². The third-order valence-corrected chi connectivity index (χ3v) is 2.64. The molecule has 0 aromatic heterocycles. The second-order valence-corrected chi connectivity index (χ2v) is 3.95. The molecule has 80 valence electrons. The first-order chi connectivity index (χ1) is 6.68. The summed E-state index contributed by atoms with van der Waals surface area (Å²) in [6.45, 7) is 5.38. The summed E-state index contributed by atoms with van der Waals surface area (Å²) in [5, 5.41) is 8.46. The summed E-state index contributed by atoms with van der Waals surface area (Å²) in [6, 6.07) is 0. The van der Waals surface area contributed by atoms with E-state index in [1.165, 1.54) is 12.0 Å². The molecule has 0 saturated carbocycles. The molecule has 0 spiro atoms. The van der Waals surface area contributed by atoms with Crippen molar-refractivity contribution in [3.05, 3.63) is 11.6 Å². The highest BCUT2D eigenvalue weighted by molar-refractivity contribution is 5.66. The molecule has 1 heterocycles. The van der Waals surface area contributed by atoms with Crippen LogP contribution in [0.3, 0.4) is 0 Å². The van der Waals surface area contributed by atoms with E-state index >= 15 is 0 Å². The quantitative estimate of drug-likeness (QED) is 0.540. The second kappa shape index (κ2) is 5.81. The molecule has 3 nitrogen and oxygen atoms in total. The van der Waals surface area contributed by atoms with Crippen molar-refractivity contribution in [1.82, 2.24) is 4.90 Å². The Morgan fingerprint density at radius 3 is 2.93 bits per heavy atom. The lowest BCUT2D eigenvalue weighted by atomic mass is 10.1. The van der Waals surface area contributed by atoms with Crippen LogP contribution in [0, 0.1) is 0 Å². The van der Waals surface area contributed by atoms with Gasteiger partial charge in [-0.25, -0.2) is 0 Å². The molecule has 0 atom stereocenters. The Hall–Kier alpha value is -0.830. The molecule has 1 aliphatic rings. The lowest BCUT2D eigenvalue weighted by Gasteiger charge is -2.24. The van der Waals surface area contributed by atoms with Gasteiger partial charge in [0.05, 0.1) is 0 Å². The minimum atomic E-state index is -0.681. The maximum absolute atomic E-state index is 10.3. The Bertz CT molecular complexity index is 223. The van der Waals surface area contributed by atoms with Crippen LogP contribution in [0.1, 0.15) is 32.6 Å². The molecule has 0 radical (unpaired) electrons. The highest BCUT2D eigenvalue weighted by Gasteiger charge is 2.08. The van der Waals surface area contributed by atoms with Crippen molar-refractivity contribution in [2.45, 2.75) is 32.6 Å². The van der Waals surface area contributed by atoms with E-state index in [-0.39, 0.29) is 0 Å². The van der Waals surface area contributed by atoms with Gasteiger partial charge in [-0.3, -0.25) is 9.69 Å². The summed E-state index contributed by atoms with van der Waals surface area (Å²) in [6.07, 6.45) is 5.54. The van der Waals surface area contributed by atoms with Gasteiger partial charge in [-0.2, -0.15) is 0 Å². The second-order valence-electron chi connectivity index (χ2n) is 3.95. The molecule has 1 rings (SSSR count). The molecule has 1 N–H and O–H groups in total. The number of nitrogens with zero attached hydrogens (tertiary/aromatic N) is 1. The number of rotatable bonds is 5. The zero-order valence-electron chi connectivity index (χ0n) is 8.83. The minimum Gasteiger partial charge on any atom is -0.481 e. The van der Waals surface area contributed by atoms with Crippen LogP contribution < -0.4 is 0 Å². The highest BCUT2D eigenvalue weighted by atomic mass is 16.4. The maximum Gasteiger partial charge on any atom is 0.303 e. The number of carbonyl (C=O) groups is 1. The van der Waals surface area contributed by atoms with E-state index in [1.807, 2.05) is 0 Å². The van der Waals surface area contributed by atoms with Crippen molar-refractivity contribution in [3.63, 3.8) is 0 Å². The topological polar surface area (TPSA) is 40.5 Å². The zero-order valence-corrected chi connectivity index (χ0v) is 8.83. The smallest absolute Gasteiger partial charge is 0.303 e. The van der Waals surface area contributed by atoms with Crippen molar-refractivity contribution >= 4 is 5.97 Å². The van der Waals surface area contributed by atoms with Gasteiger partial charge in [0.2, 0.25) is 0 Å². The van der Waals surface area contributed by atoms with Crippen molar-refractivity contribution in [1.29, 1.82) is 0 Å². The normalized spacial score (nSPS) is 17.9. The molecule has 0 amide bonds. The fourth-order valence-corrected chi connectivity index (χ4v) is 1.63. The highest BCUT2D eigenvalue weighted by Crippen LogP contribution is 2.10. The van der Waals surface area contributed by atoms with Gasteiger partial charge in [0.15, 0.2) is 0 Å². The van der Waals surface area contributed by atoms with Gasteiger partial charge in [-0.1, -0.05) is 11.6 Å². The summed E-state index contributed by atoms with van der Waals surface area (Å²) >= 11 is 0. The van der Waals surface area contributed by atoms with Crippen LogP contribution in [0.5, 0.6) is 0 Å². The van der Waals surface area contributed by atoms with E-state index in [0.29, 0.717) is 6.42 Å². The van der Waals surface area contributed by atoms with Crippen LogP contribution in [-0.4, -0.2) is 35.6 Å². The average molecular weight is 197 g/mol. The van der Waals surface area contributed by atoms with Gasteiger partial charge in [-0.05, 0) is 32.7 Å². The van der Waals surface area contributed by atoms with Crippen LogP contribution in [0.15, 0.2) is 11.6 Å². The van der Waals surface area contributed by atoms with E-state index < -0.39 is 5.97 Å². The van der Waals surface area contributed by atoms with Gasteiger partial charge >= 0.3 is 5.97 Å². The van der Waals surface area contributed by atoms with Crippen molar-refractivity contribution < 1.29 is 9.90 Å². The number of carboxylic acids is 1. The Labute approximate surface area is 85.4 Å². The first-order valence-electron chi connectivity index (χ1n) is 5.28. The molecule has 0 bridgehead atoms. The summed E-state index contributed by atoms with van der Waals surface area (Å²) in [7, 11) is 0. The monoisotopic (exact) mass is 197 g/mol. The first kappa shape index (κ1) is 11.2. The maximum atomic E-state index is 10.3. The molecule has 0 saturated heterocycles. The largest absolute Gasteiger partial charge is 0.481 e. The summed E-state index contributed by atoms with van der Waals surface area (Å²) in [5.74, 6) is -0.681. The van der Waals surface area contributed by atoms with E-state index in [4.69, 9.17) is 5.11 Å². The van der Waals surface area contributed by atoms with E-state index in [9.17, 15) is 4.79 Å². The van der Waals surface area contributed by atoms with Crippen molar-refractivity contribution in [3.8, 4) is 0 Å². The molecule has 0 aliphatic carbocycles. The third kappa shape index (κ3) is 4.42. The molecule has 3 heteroatoms. The summed E-state index contributed by atoms with van der Waals surface area (Å²) < 4.78 is 0. The lowest BCUT2D eigenvalue weighted by Crippen LogP contribution is -2.29. The van der Waals surface area contributed by atoms with Gasteiger partial charge in [0, 0.05) is 19.5 Å². The molecular formula is C11H19NO2. The first-order valence-corrected chi connectivity index (χ1v) is 5.28. The Morgan fingerprint density at radius 1 is 1.57 bits per heavy atom. The van der Waals surface area contributed by atoms with E-state index in [0.717, 1.165) is 32.5 Å². The van der Waals surface area contributed by atoms with Crippen LogP contribution in [0.25, 0.3) is 0 Å². The molecule has 0 unspecified atom stereocenters. The Balaban J connectivity index is 2.05. The number of hydrogen-bond acceptors (Lipinski definition) is 2. The van der Waals surface area contributed by atoms with Crippen LogP contribution >= 0.6 is 0 Å². The van der Waals surface area contributed by atoms with Crippen molar-refractivity contribution in [2.75, 3.05) is 19.6 Å². The summed E-state index contributed by atoms with van der Waals surface area (Å²) in [4.78, 5) is 12.7. The van der Waals surface area contributed by atoms with Crippen LogP contribution in [0.4, 0.5) is 0 Å². The van der Waals surface area contributed by atoms with Gasteiger partial charge < -0.3 is 5.11 Å². The molecule has 0 aromatic carbocycles. The molecule has 1 aliphatic heterocycles. The number of unbranched alkanes of at least 4 members (excludes halogenated alkanes) is 1. The third-order valence-electron chi connectivity index (χ3n) is 2.64. The number of aliphatic carboxylic acids is 1. The molecule has 14 heavy (non-hydrogen) atoms. The predicted molar refractivity (Wildman–Crippen MR) is 56.3 cm³/mol. The molecule has 0 aromatic rings. The Kier molecular flexibility index (Phi) is 4.66. The minimum absolute atomic E-state index is 0.308. The Morgan fingerprint density at radius 2 is 2.36 bits per heavy atom. The molecule has 0 fully saturated rings. The fraction of sp³-hybridized carbons (Fsp3) is 0.727. The SMILES string of the molecule is CC1=CCN(CCCCC(=O)O)CC1. The molecular weight excluding hydrogens is 178 g/mol. The van der Waals surface area contributed by atoms with E-state index in [1.54, 1.807) is 0 Å². The predicted octanol–water partition coefficient (Wildman–Crippen LogP) is 1.89. The standard InChI is InChI=1S/C11H19NO2/c1-10-5-8-12(9-6-10)7-3-2-4-11(13)14/h5H,2-4,6-9H2,1H3,(H,13,14). The van der Waals surface area contributed by atoms with E-state index in [2.05, 4.69) is 17.9 Å². The number of carboxylic acid groups (broad SMARTS) is 1. The van der Waals surface area contributed by atoms with Crippen LogP contribution in [0.2, 0.25) is 0 Å².